The van der Waals surface area contributed by atoms with Crippen LogP contribution < -0.4 is 0 Å². The standard InChI is InChI=1S/C11H13I/c1-9(2)6-7-10-4-3-5-11(12)8-10/h3-9H,1-2H3/b7-6+. The first kappa shape index (κ1) is 9.78. The van der Waals surface area contributed by atoms with Gasteiger partial charge in [-0.2, -0.15) is 0 Å². The maximum atomic E-state index is 2.33. The van der Waals surface area contributed by atoms with E-state index in [4.69, 9.17) is 0 Å². The van der Waals surface area contributed by atoms with Crippen LogP contribution in [0.4, 0.5) is 0 Å². The Labute approximate surface area is 87.8 Å². The number of hydrogen-bond donors (Lipinski definition) is 0. The summed E-state index contributed by atoms with van der Waals surface area (Å²) in [5, 5.41) is 0. The van der Waals surface area contributed by atoms with Crippen molar-refractivity contribution in [3.8, 4) is 0 Å². The van der Waals surface area contributed by atoms with Gasteiger partial charge in [0.25, 0.3) is 0 Å². The predicted octanol–water partition coefficient (Wildman–Crippen LogP) is 3.96. The molecule has 0 aliphatic heterocycles. The van der Waals surface area contributed by atoms with Gasteiger partial charge in [-0.25, -0.2) is 0 Å². The first-order chi connectivity index (χ1) is 5.68. The summed E-state index contributed by atoms with van der Waals surface area (Å²) in [6.07, 6.45) is 4.39. The van der Waals surface area contributed by atoms with E-state index in [1.165, 1.54) is 9.13 Å². The lowest BCUT2D eigenvalue weighted by Crippen LogP contribution is -1.78. The third-order valence-corrected chi connectivity index (χ3v) is 2.19. The molecule has 0 aliphatic rings. The van der Waals surface area contributed by atoms with Crippen molar-refractivity contribution in [3.63, 3.8) is 0 Å². The normalized spacial score (nSPS) is 11.3. The lowest BCUT2D eigenvalue weighted by molar-refractivity contribution is 0.836. The molecule has 0 spiro atoms. The van der Waals surface area contributed by atoms with Crippen LogP contribution in [0, 0.1) is 9.49 Å². The minimum absolute atomic E-state index is 0.628. The smallest absolute Gasteiger partial charge is 0.0136 e. The number of halogens is 1. The Kier molecular flexibility index (Phi) is 3.79. The second kappa shape index (κ2) is 4.65. The van der Waals surface area contributed by atoms with E-state index in [2.05, 4.69) is 72.9 Å². The average molecular weight is 272 g/mol. The summed E-state index contributed by atoms with van der Waals surface area (Å²) in [7, 11) is 0. The zero-order chi connectivity index (χ0) is 8.97. The third-order valence-electron chi connectivity index (χ3n) is 1.52. The van der Waals surface area contributed by atoms with Crippen molar-refractivity contribution in [2.24, 2.45) is 5.92 Å². The molecule has 0 saturated carbocycles. The molecule has 0 nitrogen and oxygen atoms in total. The molecule has 0 aliphatic carbocycles. The molecule has 0 aromatic heterocycles. The van der Waals surface area contributed by atoms with Crippen LogP contribution in [-0.2, 0) is 0 Å². The van der Waals surface area contributed by atoms with Crippen molar-refractivity contribution in [3.05, 3.63) is 39.5 Å². The summed E-state index contributed by atoms with van der Waals surface area (Å²) in [6.45, 7) is 4.37. The van der Waals surface area contributed by atoms with E-state index >= 15 is 0 Å². The van der Waals surface area contributed by atoms with Crippen LogP contribution in [0.1, 0.15) is 19.4 Å². The number of hydrogen-bond acceptors (Lipinski definition) is 0. The summed E-state index contributed by atoms with van der Waals surface area (Å²) >= 11 is 2.33. The molecule has 0 saturated heterocycles. The van der Waals surface area contributed by atoms with Gasteiger partial charge in [0.05, 0.1) is 0 Å². The van der Waals surface area contributed by atoms with E-state index in [9.17, 15) is 0 Å². The van der Waals surface area contributed by atoms with Crippen molar-refractivity contribution in [2.75, 3.05) is 0 Å². The summed E-state index contributed by atoms with van der Waals surface area (Å²) in [5.41, 5.74) is 1.29. The molecule has 0 unspecified atom stereocenters. The molecule has 0 bridgehead atoms. The molecule has 64 valence electrons. The SMILES string of the molecule is CC(C)/C=C/c1cccc(I)c1. The molecule has 0 atom stereocenters. The quantitative estimate of drug-likeness (QED) is 0.715. The molecule has 12 heavy (non-hydrogen) atoms. The van der Waals surface area contributed by atoms with Crippen molar-refractivity contribution in [2.45, 2.75) is 13.8 Å². The van der Waals surface area contributed by atoms with Crippen LogP contribution in [-0.4, -0.2) is 0 Å². The molecule has 1 aromatic carbocycles. The van der Waals surface area contributed by atoms with E-state index in [0.717, 1.165) is 0 Å². The fourth-order valence-corrected chi connectivity index (χ4v) is 1.48. The molecule has 1 heteroatoms. The summed E-state index contributed by atoms with van der Waals surface area (Å²) in [5.74, 6) is 0.628. The monoisotopic (exact) mass is 272 g/mol. The zero-order valence-corrected chi connectivity index (χ0v) is 9.58. The third kappa shape index (κ3) is 3.39. The second-order valence-corrected chi connectivity index (χ2v) is 4.40. The topological polar surface area (TPSA) is 0 Å². The summed E-state index contributed by atoms with van der Waals surface area (Å²) < 4.78 is 1.29. The molecular formula is C11H13I. The molecule has 1 aromatic rings. The molecule has 0 heterocycles. The van der Waals surface area contributed by atoms with E-state index < -0.39 is 0 Å². The number of benzene rings is 1. The predicted molar refractivity (Wildman–Crippen MR) is 63.0 cm³/mol. The van der Waals surface area contributed by atoms with Crippen molar-refractivity contribution >= 4 is 28.7 Å². The highest BCUT2D eigenvalue weighted by atomic mass is 127. The fraction of sp³-hybridized carbons (Fsp3) is 0.273. The Hall–Kier alpha value is -0.310. The summed E-state index contributed by atoms with van der Waals surface area (Å²) in [4.78, 5) is 0. The minimum atomic E-state index is 0.628. The van der Waals surface area contributed by atoms with E-state index in [0.29, 0.717) is 5.92 Å². The Bertz CT molecular complexity index is 274. The number of allylic oxidation sites excluding steroid dienone is 1. The molecular weight excluding hydrogens is 259 g/mol. The van der Waals surface area contributed by atoms with E-state index in [1.807, 2.05) is 0 Å². The number of rotatable bonds is 2. The van der Waals surface area contributed by atoms with Gasteiger partial charge in [0.1, 0.15) is 0 Å². The van der Waals surface area contributed by atoms with Gasteiger partial charge in [-0.1, -0.05) is 38.1 Å². The fourth-order valence-electron chi connectivity index (χ4n) is 0.914. The lowest BCUT2D eigenvalue weighted by atomic mass is 10.1. The second-order valence-electron chi connectivity index (χ2n) is 3.16. The highest BCUT2D eigenvalue weighted by Gasteiger charge is 1.88. The minimum Gasteiger partial charge on any atom is -0.0814 e. The van der Waals surface area contributed by atoms with Crippen LogP contribution in [0.15, 0.2) is 30.3 Å². The Morgan fingerprint density at radius 3 is 2.67 bits per heavy atom. The largest absolute Gasteiger partial charge is 0.0814 e. The Balaban J connectivity index is 2.76. The molecule has 0 radical (unpaired) electrons. The van der Waals surface area contributed by atoms with Crippen molar-refractivity contribution < 1.29 is 0 Å². The van der Waals surface area contributed by atoms with Crippen LogP contribution in [0.2, 0.25) is 0 Å². The maximum Gasteiger partial charge on any atom is 0.0136 e. The van der Waals surface area contributed by atoms with E-state index in [1.54, 1.807) is 0 Å². The van der Waals surface area contributed by atoms with Crippen LogP contribution >= 0.6 is 22.6 Å². The first-order valence-electron chi connectivity index (χ1n) is 4.12. The van der Waals surface area contributed by atoms with Gasteiger partial charge in [0.15, 0.2) is 0 Å². The van der Waals surface area contributed by atoms with Gasteiger partial charge in [-0.15, -0.1) is 0 Å². The van der Waals surface area contributed by atoms with Gasteiger partial charge < -0.3 is 0 Å². The van der Waals surface area contributed by atoms with Crippen LogP contribution in [0.3, 0.4) is 0 Å². The molecule has 1 rings (SSSR count). The average Bonchev–Trinajstić information content (AvgIpc) is 2.01. The van der Waals surface area contributed by atoms with Gasteiger partial charge >= 0.3 is 0 Å². The Morgan fingerprint density at radius 1 is 1.33 bits per heavy atom. The van der Waals surface area contributed by atoms with Crippen LogP contribution in [0.5, 0.6) is 0 Å². The van der Waals surface area contributed by atoms with Gasteiger partial charge in [-0.3, -0.25) is 0 Å². The van der Waals surface area contributed by atoms with Crippen molar-refractivity contribution in [1.82, 2.24) is 0 Å². The van der Waals surface area contributed by atoms with Gasteiger partial charge in [0, 0.05) is 3.57 Å². The maximum absolute atomic E-state index is 2.33. The molecule has 0 N–H and O–H groups in total. The first-order valence-corrected chi connectivity index (χ1v) is 5.20. The van der Waals surface area contributed by atoms with Gasteiger partial charge in [0.2, 0.25) is 0 Å². The van der Waals surface area contributed by atoms with Crippen molar-refractivity contribution in [1.29, 1.82) is 0 Å². The zero-order valence-electron chi connectivity index (χ0n) is 7.42. The van der Waals surface area contributed by atoms with Crippen LogP contribution in [0.25, 0.3) is 6.08 Å². The van der Waals surface area contributed by atoms with E-state index in [-0.39, 0.29) is 0 Å². The highest BCUT2D eigenvalue weighted by molar-refractivity contribution is 14.1. The lowest BCUT2D eigenvalue weighted by Gasteiger charge is -1.96. The molecule has 0 amide bonds. The van der Waals surface area contributed by atoms with Gasteiger partial charge in [-0.05, 0) is 46.2 Å². The Morgan fingerprint density at radius 2 is 2.08 bits per heavy atom. The highest BCUT2D eigenvalue weighted by Crippen LogP contribution is 2.10. The summed E-state index contributed by atoms with van der Waals surface area (Å²) in [6, 6.07) is 8.50. The molecule has 0 fully saturated rings.